The summed E-state index contributed by atoms with van der Waals surface area (Å²) in [6.45, 7) is 2.78. The molecule has 1 aliphatic heterocycles. The fraction of sp³-hybridized carbons (Fsp3) is 0.261. The van der Waals surface area contributed by atoms with Crippen molar-refractivity contribution in [3.8, 4) is 11.1 Å². The molecular weight excluding hydrogens is 407 g/mol. The second-order valence-corrected chi connectivity index (χ2v) is 7.38. The van der Waals surface area contributed by atoms with Gasteiger partial charge in [0.25, 0.3) is 0 Å². The predicted octanol–water partition coefficient (Wildman–Crippen LogP) is 5.62. The molecule has 0 radical (unpaired) electrons. The fourth-order valence-electron chi connectivity index (χ4n) is 3.53. The summed E-state index contributed by atoms with van der Waals surface area (Å²) in [6.07, 6.45) is -1.46. The van der Waals surface area contributed by atoms with E-state index < -0.39 is 18.9 Å². The van der Waals surface area contributed by atoms with Crippen molar-refractivity contribution in [2.75, 3.05) is 11.4 Å². The topological polar surface area (TPSA) is 50.5 Å². The van der Waals surface area contributed by atoms with Gasteiger partial charge in [-0.1, -0.05) is 47.6 Å². The molecule has 0 saturated heterocycles. The van der Waals surface area contributed by atoms with E-state index >= 15 is 0 Å². The molecule has 162 valence electrons. The lowest BCUT2D eigenvalue weighted by Gasteiger charge is -2.23. The van der Waals surface area contributed by atoms with Gasteiger partial charge in [0.15, 0.2) is 0 Å². The Balaban J connectivity index is 1.67. The van der Waals surface area contributed by atoms with Crippen LogP contribution in [0.15, 0.2) is 65.5 Å². The first-order valence-corrected chi connectivity index (χ1v) is 9.82. The molecule has 0 amide bonds. The lowest BCUT2D eigenvalue weighted by atomic mass is 9.96. The van der Waals surface area contributed by atoms with Gasteiger partial charge in [0.1, 0.15) is 6.26 Å². The second-order valence-electron chi connectivity index (χ2n) is 7.38. The number of hydrogen-bond donors (Lipinski definition) is 1. The van der Waals surface area contributed by atoms with Crippen LogP contribution in [0, 0.1) is 13.8 Å². The molecule has 5 nitrogen and oxygen atoms in total. The Hall–Kier alpha value is -3.26. The highest BCUT2D eigenvalue weighted by Gasteiger charge is 2.30. The summed E-state index contributed by atoms with van der Waals surface area (Å²) in [5.41, 5.74) is 5.01. The van der Waals surface area contributed by atoms with Crippen molar-refractivity contribution in [1.82, 2.24) is 10.5 Å². The van der Waals surface area contributed by atoms with Crippen molar-refractivity contribution in [3.05, 3.63) is 83.4 Å². The third-order valence-electron chi connectivity index (χ3n) is 5.19. The van der Waals surface area contributed by atoms with Gasteiger partial charge in [-0.2, -0.15) is 13.2 Å². The molecule has 1 aromatic heterocycles. The summed E-state index contributed by atoms with van der Waals surface area (Å²) in [5.74, 6) is 0.570. The largest absolute Gasteiger partial charge is 0.472 e. The van der Waals surface area contributed by atoms with Crippen molar-refractivity contribution < 1.29 is 22.4 Å². The number of halogens is 3. The van der Waals surface area contributed by atoms with E-state index in [9.17, 15) is 13.2 Å². The molecule has 1 unspecified atom stereocenters. The van der Waals surface area contributed by atoms with Crippen LogP contribution in [0.2, 0.25) is 0 Å². The molecule has 2 aromatic carbocycles. The predicted molar refractivity (Wildman–Crippen MR) is 111 cm³/mol. The Bertz CT molecular complexity index is 1080. The van der Waals surface area contributed by atoms with E-state index in [0.717, 1.165) is 33.5 Å². The Morgan fingerprint density at radius 2 is 1.87 bits per heavy atom. The molecule has 4 rings (SSSR count). The average Bonchev–Trinajstić information content (AvgIpc) is 3.34. The number of aromatic nitrogens is 1. The lowest BCUT2D eigenvalue weighted by Crippen LogP contribution is -2.28. The van der Waals surface area contributed by atoms with Crippen molar-refractivity contribution in [1.29, 1.82) is 0 Å². The molecule has 0 spiro atoms. The maximum absolute atomic E-state index is 12.7. The minimum atomic E-state index is -4.28. The summed E-state index contributed by atoms with van der Waals surface area (Å²) in [4.78, 5) is 1.82. The van der Waals surface area contributed by atoms with E-state index in [1.807, 2.05) is 67.3 Å². The SMILES string of the molecule is Cc1noc(N2C=COC2c2ccc(-c3ccccc3)c(CNCC(F)(F)F)c2)c1C. The maximum Gasteiger partial charge on any atom is 0.401 e. The maximum atomic E-state index is 12.7. The van der Waals surface area contributed by atoms with Gasteiger partial charge in [-0.05, 0) is 36.6 Å². The van der Waals surface area contributed by atoms with Gasteiger partial charge in [-0.3, -0.25) is 4.90 Å². The third kappa shape index (κ3) is 4.59. The van der Waals surface area contributed by atoms with Gasteiger partial charge in [0, 0.05) is 23.9 Å². The number of alkyl halides is 3. The summed E-state index contributed by atoms with van der Waals surface area (Å²) in [6, 6.07) is 15.3. The van der Waals surface area contributed by atoms with Crippen LogP contribution >= 0.6 is 0 Å². The molecular formula is C23H22F3N3O2. The first-order chi connectivity index (χ1) is 14.8. The number of nitrogens with zero attached hydrogens (tertiary/aromatic N) is 2. The Morgan fingerprint density at radius 1 is 1.10 bits per heavy atom. The average molecular weight is 429 g/mol. The highest BCUT2D eigenvalue weighted by atomic mass is 19.4. The summed E-state index contributed by atoms with van der Waals surface area (Å²) < 4.78 is 49.3. The number of hydrogen-bond acceptors (Lipinski definition) is 5. The van der Waals surface area contributed by atoms with Crippen LogP contribution in [0.1, 0.15) is 28.6 Å². The van der Waals surface area contributed by atoms with Gasteiger partial charge >= 0.3 is 6.18 Å². The quantitative estimate of drug-likeness (QED) is 0.551. The molecule has 8 heteroatoms. The van der Waals surface area contributed by atoms with Gasteiger partial charge in [0.2, 0.25) is 12.1 Å². The summed E-state index contributed by atoms with van der Waals surface area (Å²) in [5, 5.41) is 6.50. The monoisotopic (exact) mass is 429 g/mol. The van der Waals surface area contributed by atoms with Crippen LogP contribution < -0.4 is 10.2 Å². The zero-order valence-electron chi connectivity index (χ0n) is 17.1. The highest BCUT2D eigenvalue weighted by molar-refractivity contribution is 5.68. The Morgan fingerprint density at radius 3 is 2.55 bits per heavy atom. The minimum absolute atomic E-state index is 0.0676. The molecule has 0 bridgehead atoms. The summed E-state index contributed by atoms with van der Waals surface area (Å²) in [7, 11) is 0. The number of benzene rings is 2. The van der Waals surface area contributed by atoms with Crippen LogP contribution in [0.5, 0.6) is 0 Å². The third-order valence-corrected chi connectivity index (χ3v) is 5.19. The van der Waals surface area contributed by atoms with Crippen LogP contribution in [-0.4, -0.2) is 17.9 Å². The zero-order valence-corrected chi connectivity index (χ0v) is 17.1. The summed E-state index contributed by atoms with van der Waals surface area (Å²) >= 11 is 0. The van der Waals surface area contributed by atoms with E-state index in [0.29, 0.717) is 5.88 Å². The Kier molecular flexibility index (Phi) is 5.73. The molecule has 0 fully saturated rings. The van der Waals surface area contributed by atoms with Gasteiger partial charge in [0.05, 0.1) is 12.2 Å². The zero-order chi connectivity index (χ0) is 22.0. The molecule has 1 atom stereocenters. The van der Waals surface area contributed by atoms with Crippen molar-refractivity contribution in [2.45, 2.75) is 32.8 Å². The van der Waals surface area contributed by atoms with Crippen molar-refractivity contribution >= 4 is 5.88 Å². The minimum Gasteiger partial charge on any atom is -0.472 e. The molecule has 0 aliphatic carbocycles. The Labute approximate surface area is 178 Å². The normalized spacial score (nSPS) is 16.0. The molecule has 1 aliphatic rings. The fourth-order valence-corrected chi connectivity index (χ4v) is 3.53. The molecule has 0 saturated carbocycles. The number of ether oxygens (including phenoxy) is 1. The van der Waals surface area contributed by atoms with E-state index in [1.54, 1.807) is 12.5 Å². The van der Waals surface area contributed by atoms with E-state index in [4.69, 9.17) is 9.26 Å². The first kappa shape index (κ1) is 21.0. The van der Waals surface area contributed by atoms with Gasteiger partial charge < -0.3 is 14.6 Å². The first-order valence-electron chi connectivity index (χ1n) is 9.82. The van der Waals surface area contributed by atoms with Gasteiger partial charge in [-0.25, -0.2) is 0 Å². The number of rotatable bonds is 6. The van der Waals surface area contributed by atoms with Crippen LogP contribution in [-0.2, 0) is 11.3 Å². The molecule has 31 heavy (non-hydrogen) atoms. The standard InChI is InChI=1S/C23H22F3N3O2/c1-15-16(2)28-31-21(15)29-10-11-30-22(29)18-8-9-20(17-6-4-3-5-7-17)19(12-18)13-27-14-23(24,25)26/h3-12,22,27H,13-14H2,1-2H3. The van der Waals surface area contributed by atoms with Crippen molar-refractivity contribution in [3.63, 3.8) is 0 Å². The molecule has 3 aromatic rings. The van der Waals surface area contributed by atoms with Crippen molar-refractivity contribution in [2.24, 2.45) is 0 Å². The molecule has 2 heterocycles. The lowest BCUT2D eigenvalue weighted by molar-refractivity contribution is -0.125. The number of anilines is 1. The number of nitrogens with one attached hydrogen (secondary N) is 1. The smallest absolute Gasteiger partial charge is 0.401 e. The van der Waals surface area contributed by atoms with Crippen LogP contribution in [0.25, 0.3) is 11.1 Å². The van der Waals surface area contributed by atoms with Crippen LogP contribution in [0.4, 0.5) is 19.1 Å². The van der Waals surface area contributed by atoms with E-state index in [-0.39, 0.29) is 6.54 Å². The second kappa shape index (κ2) is 8.47. The van der Waals surface area contributed by atoms with Crippen LogP contribution in [0.3, 0.4) is 0 Å². The van der Waals surface area contributed by atoms with E-state index in [1.165, 1.54) is 0 Å². The van der Waals surface area contributed by atoms with Gasteiger partial charge in [-0.15, -0.1) is 0 Å². The molecule has 1 N–H and O–H groups in total. The number of aryl methyl sites for hydroxylation is 1. The van der Waals surface area contributed by atoms with E-state index in [2.05, 4.69) is 10.5 Å². The highest BCUT2D eigenvalue weighted by Crippen LogP contribution is 2.37.